The predicted molar refractivity (Wildman–Crippen MR) is 204 cm³/mol. The summed E-state index contributed by atoms with van der Waals surface area (Å²) in [5.41, 5.74) is 1.59. The fourth-order valence-electron chi connectivity index (χ4n) is 6.04. The first-order chi connectivity index (χ1) is 25.7. The fourth-order valence-corrected chi connectivity index (χ4v) is 8.11. The van der Waals surface area contributed by atoms with Gasteiger partial charge in [-0.2, -0.15) is 0 Å². The monoisotopic (exact) mass is 756 g/mol. The second kappa shape index (κ2) is 17.8. The third-order valence-corrected chi connectivity index (χ3v) is 10.6. The Hall–Kier alpha value is -5.51. The van der Waals surface area contributed by atoms with Crippen LogP contribution in [0.3, 0.4) is 0 Å². The molecule has 2 aliphatic heterocycles. The zero-order valence-corrected chi connectivity index (χ0v) is 30.9. The molecule has 2 atom stereocenters. The van der Waals surface area contributed by atoms with E-state index in [1.807, 2.05) is 91.0 Å². The molecule has 276 valence electrons. The van der Waals surface area contributed by atoms with Gasteiger partial charge in [-0.05, 0) is 29.8 Å². The summed E-state index contributed by atoms with van der Waals surface area (Å²) < 4.78 is 4.96. The van der Waals surface area contributed by atoms with Crippen molar-refractivity contribution in [3.05, 3.63) is 130 Å². The number of nitrogens with one attached hydrogen (secondary N) is 3. The Kier molecular flexibility index (Phi) is 13.0. The normalized spacial score (nSPS) is 16.8. The van der Waals surface area contributed by atoms with Gasteiger partial charge in [-0.15, -0.1) is 23.1 Å². The number of hydrogen-bond acceptors (Lipinski definition) is 12. The minimum Gasteiger partial charge on any atom is -0.477 e. The number of β-lactam (4-membered cyclic amide) rings is 1. The number of carbonyl (C=O) groups excluding carboxylic acids is 3. The van der Waals surface area contributed by atoms with E-state index in [1.165, 1.54) is 30.0 Å². The number of benzene rings is 3. The molecule has 1 unspecified atom stereocenters. The van der Waals surface area contributed by atoms with Crippen LogP contribution in [-0.4, -0.2) is 86.5 Å². The minimum atomic E-state index is -1.35. The van der Waals surface area contributed by atoms with E-state index < -0.39 is 46.4 Å². The number of amides is 2. The smallest absolute Gasteiger partial charge is 0.352 e. The van der Waals surface area contributed by atoms with E-state index in [2.05, 4.69) is 39.9 Å². The van der Waals surface area contributed by atoms with Crippen LogP contribution in [0.4, 0.5) is 5.13 Å². The van der Waals surface area contributed by atoms with E-state index in [0.717, 1.165) is 34.7 Å². The zero-order chi connectivity index (χ0) is 38.0. The van der Waals surface area contributed by atoms with E-state index in [4.69, 9.17) is 4.74 Å². The number of anilines is 1. The number of rotatable bonds is 13. The standard InChI is InChI=1S/C34H29N5O7S2.C4H11N/c1-20(40)46-17-21-18-47-31-27(30(42)39(31)28(21)32(43)44)36-29(41)26(38-45)25-19-48-33(35-25)37-34(22-11-5-2-6-12-22,23-13-7-3-8-14-23)24-15-9-4-10-16-24;1-3-5-4-2/h2-16,19,27,31,45H,17-18H2,1H3,(H,35,37)(H,36,41)(H,43,44);5H,3-4H2,1-2H3/t27?,31-;/m1./s1. The van der Waals surface area contributed by atoms with Crippen molar-refractivity contribution in [1.29, 1.82) is 0 Å². The molecule has 2 aliphatic rings. The minimum absolute atomic E-state index is 0.0697. The largest absolute Gasteiger partial charge is 0.477 e. The van der Waals surface area contributed by atoms with Gasteiger partial charge in [0.1, 0.15) is 35.0 Å². The Morgan fingerprint density at radius 2 is 1.49 bits per heavy atom. The summed E-state index contributed by atoms with van der Waals surface area (Å²) >= 11 is 2.43. The summed E-state index contributed by atoms with van der Waals surface area (Å²) in [5.74, 6) is -3.28. The van der Waals surface area contributed by atoms with Crippen LogP contribution >= 0.6 is 23.1 Å². The quantitative estimate of drug-likeness (QED) is 0.0320. The molecule has 1 aromatic heterocycles. The number of carboxylic acid groups (broad SMARTS) is 1. The van der Waals surface area contributed by atoms with Gasteiger partial charge in [0.2, 0.25) is 0 Å². The highest BCUT2D eigenvalue weighted by Gasteiger charge is 2.54. The fraction of sp³-hybridized carbons (Fsp3) is 0.263. The van der Waals surface area contributed by atoms with Crippen molar-refractivity contribution in [1.82, 2.24) is 20.5 Å². The van der Waals surface area contributed by atoms with E-state index in [-0.39, 0.29) is 29.3 Å². The lowest BCUT2D eigenvalue weighted by Crippen LogP contribution is -2.71. The van der Waals surface area contributed by atoms with Crippen LogP contribution in [0.25, 0.3) is 0 Å². The third kappa shape index (κ3) is 8.43. The molecular weight excluding hydrogens is 717 g/mol. The van der Waals surface area contributed by atoms with Crippen molar-refractivity contribution >= 4 is 57.7 Å². The molecule has 0 radical (unpaired) electrons. The van der Waals surface area contributed by atoms with E-state index in [0.29, 0.717) is 5.13 Å². The first kappa shape index (κ1) is 38.7. The number of thioether (sulfide) groups is 1. The molecular formula is C38H40N6O7S2. The van der Waals surface area contributed by atoms with E-state index >= 15 is 0 Å². The molecule has 6 rings (SSSR count). The molecule has 2 amide bonds. The van der Waals surface area contributed by atoms with Crippen LogP contribution in [0.5, 0.6) is 0 Å². The molecule has 13 nitrogen and oxygen atoms in total. The van der Waals surface area contributed by atoms with Gasteiger partial charge in [-0.3, -0.25) is 19.3 Å². The number of nitrogens with zero attached hydrogens (tertiary/aromatic N) is 3. The summed E-state index contributed by atoms with van der Waals surface area (Å²) in [7, 11) is 0. The molecule has 5 N–H and O–H groups in total. The number of hydrogen-bond donors (Lipinski definition) is 5. The number of esters is 1. The number of aliphatic carboxylic acids is 1. The highest BCUT2D eigenvalue weighted by Crippen LogP contribution is 2.42. The van der Waals surface area contributed by atoms with Gasteiger partial charge in [0.05, 0.1) is 0 Å². The van der Waals surface area contributed by atoms with Crippen LogP contribution in [0.15, 0.2) is 113 Å². The second-order valence-corrected chi connectivity index (χ2v) is 13.8. The average Bonchev–Trinajstić information content (AvgIpc) is 3.64. The Bertz CT molecular complexity index is 1870. The van der Waals surface area contributed by atoms with Crippen LogP contribution in [0.2, 0.25) is 0 Å². The van der Waals surface area contributed by atoms with Crippen molar-refractivity contribution in [2.24, 2.45) is 5.16 Å². The van der Waals surface area contributed by atoms with Crippen molar-refractivity contribution in [3.63, 3.8) is 0 Å². The number of ether oxygens (including phenoxy) is 1. The SMILES string of the molecule is CC(=O)OCC1=C(C(=O)O)N2C(=O)C(NC(=O)C(=NO)c3csc(NC(c4ccccc4)(c4ccccc4)c4ccccc4)n3)[C@H]2SC1.CCNCC. The number of thiazole rings is 1. The zero-order valence-electron chi connectivity index (χ0n) is 29.3. The number of carbonyl (C=O) groups is 4. The molecule has 0 bridgehead atoms. The van der Waals surface area contributed by atoms with Crippen LogP contribution in [0, 0.1) is 0 Å². The first-order valence-corrected chi connectivity index (χ1v) is 18.8. The van der Waals surface area contributed by atoms with Crippen molar-refractivity contribution in [2.75, 3.05) is 30.8 Å². The van der Waals surface area contributed by atoms with Gasteiger partial charge in [-0.1, -0.05) is 110 Å². The van der Waals surface area contributed by atoms with Crippen molar-refractivity contribution in [3.8, 4) is 0 Å². The summed E-state index contributed by atoms with van der Waals surface area (Å²) in [6, 6.07) is 28.5. The molecule has 15 heteroatoms. The summed E-state index contributed by atoms with van der Waals surface area (Å²) in [5, 5.41) is 33.5. The first-order valence-electron chi connectivity index (χ1n) is 16.8. The van der Waals surface area contributed by atoms with Crippen LogP contribution < -0.4 is 16.0 Å². The van der Waals surface area contributed by atoms with Crippen molar-refractivity contribution < 1.29 is 34.2 Å². The lowest BCUT2D eigenvalue weighted by Gasteiger charge is -2.49. The molecule has 1 fully saturated rings. The van der Waals surface area contributed by atoms with E-state index in [1.54, 1.807) is 5.38 Å². The maximum Gasteiger partial charge on any atom is 0.352 e. The molecule has 3 aromatic carbocycles. The summed E-state index contributed by atoms with van der Waals surface area (Å²) in [6.07, 6.45) is 0. The predicted octanol–water partition coefficient (Wildman–Crippen LogP) is 4.64. The summed E-state index contributed by atoms with van der Waals surface area (Å²) in [6.45, 7) is 7.33. The third-order valence-electron chi connectivity index (χ3n) is 8.46. The van der Waals surface area contributed by atoms with Crippen LogP contribution in [-0.2, 0) is 29.5 Å². The maximum absolute atomic E-state index is 13.4. The lowest BCUT2D eigenvalue weighted by atomic mass is 9.77. The molecule has 4 aromatic rings. The highest BCUT2D eigenvalue weighted by atomic mass is 32.2. The van der Waals surface area contributed by atoms with Crippen LogP contribution in [0.1, 0.15) is 43.2 Å². The topological polar surface area (TPSA) is 183 Å². The van der Waals surface area contributed by atoms with Gasteiger partial charge >= 0.3 is 11.9 Å². The Balaban J connectivity index is 0.00000101. The number of aromatic nitrogens is 1. The Morgan fingerprint density at radius 3 is 1.94 bits per heavy atom. The van der Waals surface area contributed by atoms with Gasteiger partial charge in [0.15, 0.2) is 10.8 Å². The Morgan fingerprint density at radius 1 is 0.943 bits per heavy atom. The number of carboxylic acids is 1. The molecule has 0 saturated carbocycles. The lowest BCUT2D eigenvalue weighted by molar-refractivity contribution is -0.150. The number of fused-ring (bicyclic) bond motifs is 1. The van der Waals surface area contributed by atoms with Crippen molar-refractivity contribution in [2.45, 2.75) is 37.7 Å². The van der Waals surface area contributed by atoms with Gasteiger partial charge in [-0.25, -0.2) is 9.78 Å². The van der Waals surface area contributed by atoms with Gasteiger partial charge in [0.25, 0.3) is 11.8 Å². The number of oxime groups is 1. The van der Waals surface area contributed by atoms with E-state index in [9.17, 15) is 29.5 Å². The van der Waals surface area contributed by atoms with Gasteiger partial charge < -0.3 is 31.0 Å². The maximum atomic E-state index is 13.4. The Labute approximate surface area is 315 Å². The molecule has 3 heterocycles. The molecule has 0 aliphatic carbocycles. The molecule has 1 saturated heterocycles. The second-order valence-electron chi connectivity index (χ2n) is 11.8. The van der Waals surface area contributed by atoms with Gasteiger partial charge in [0, 0.05) is 23.6 Å². The molecule has 0 spiro atoms. The summed E-state index contributed by atoms with van der Waals surface area (Å²) in [4.78, 5) is 55.5. The average molecular weight is 757 g/mol. The highest BCUT2D eigenvalue weighted by molar-refractivity contribution is 8.00. The molecule has 53 heavy (non-hydrogen) atoms.